The standard InChI is InChI=1S/C15H26N2O3/c1-2-13-9-17-15(20-13)10-16-8-12(18)11-19-14-6-4-3-5-7-14/h9,12,14,16,18H,2-8,10-11H2,1H3. The van der Waals surface area contributed by atoms with Gasteiger partial charge < -0.3 is 19.6 Å². The SMILES string of the molecule is CCc1cnc(CNCC(O)COC2CCCCC2)o1. The summed E-state index contributed by atoms with van der Waals surface area (Å²) in [5.41, 5.74) is 0. The van der Waals surface area contributed by atoms with Crippen LogP contribution in [0.15, 0.2) is 10.6 Å². The van der Waals surface area contributed by atoms with Gasteiger partial charge in [-0.3, -0.25) is 0 Å². The largest absolute Gasteiger partial charge is 0.444 e. The highest BCUT2D eigenvalue weighted by Crippen LogP contribution is 2.20. The lowest BCUT2D eigenvalue weighted by atomic mass is 9.98. The Bertz CT molecular complexity index is 375. The van der Waals surface area contributed by atoms with E-state index in [2.05, 4.69) is 10.3 Å². The molecule has 1 aromatic heterocycles. The van der Waals surface area contributed by atoms with Crippen molar-refractivity contribution < 1.29 is 14.3 Å². The van der Waals surface area contributed by atoms with Crippen molar-refractivity contribution in [2.24, 2.45) is 0 Å². The van der Waals surface area contributed by atoms with Gasteiger partial charge in [0.1, 0.15) is 5.76 Å². The Morgan fingerprint density at radius 3 is 2.95 bits per heavy atom. The van der Waals surface area contributed by atoms with Crippen LogP contribution >= 0.6 is 0 Å². The van der Waals surface area contributed by atoms with E-state index in [0.717, 1.165) is 25.0 Å². The number of hydrogen-bond acceptors (Lipinski definition) is 5. The van der Waals surface area contributed by atoms with Crippen molar-refractivity contribution in [1.29, 1.82) is 0 Å². The summed E-state index contributed by atoms with van der Waals surface area (Å²) in [5.74, 6) is 1.56. The van der Waals surface area contributed by atoms with Crippen LogP contribution in [0.5, 0.6) is 0 Å². The lowest BCUT2D eigenvalue weighted by Crippen LogP contribution is -2.32. The molecule has 5 heteroatoms. The van der Waals surface area contributed by atoms with Crippen LogP contribution in [0, 0.1) is 0 Å². The van der Waals surface area contributed by atoms with Crippen molar-refractivity contribution >= 4 is 0 Å². The Balaban J connectivity index is 1.56. The fourth-order valence-electron chi connectivity index (χ4n) is 2.48. The molecule has 0 amide bonds. The van der Waals surface area contributed by atoms with Crippen molar-refractivity contribution in [1.82, 2.24) is 10.3 Å². The average Bonchev–Trinajstić information content (AvgIpc) is 2.94. The summed E-state index contributed by atoms with van der Waals surface area (Å²) in [6, 6.07) is 0. The summed E-state index contributed by atoms with van der Waals surface area (Å²) in [6.45, 7) is 3.48. The van der Waals surface area contributed by atoms with Crippen LogP contribution in [0.1, 0.15) is 50.7 Å². The molecule has 1 aliphatic rings. The average molecular weight is 282 g/mol. The maximum atomic E-state index is 9.87. The molecule has 1 heterocycles. The van der Waals surface area contributed by atoms with Gasteiger partial charge >= 0.3 is 0 Å². The van der Waals surface area contributed by atoms with Crippen LogP contribution in [0.3, 0.4) is 0 Å². The zero-order valence-corrected chi connectivity index (χ0v) is 12.3. The second kappa shape index (κ2) is 8.39. The van der Waals surface area contributed by atoms with E-state index < -0.39 is 6.10 Å². The van der Waals surface area contributed by atoms with Crippen molar-refractivity contribution in [3.63, 3.8) is 0 Å². The minimum atomic E-state index is -0.475. The Hall–Kier alpha value is -0.910. The molecule has 2 rings (SSSR count). The molecule has 20 heavy (non-hydrogen) atoms. The fraction of sp³-hybridized carbons (Fsp3) is 0.800. The minimum absolute atomic E-state index is 0.345. The number of nitrogens with one attached hydrogen (secondary N) is 1. The normalized spacial score (nSPS) is 18.3. The summed E-state index contributed by atoms with van der Waals surface area (Å²) in [5, 5.41) is 13.0. The number of aromatic nitrogens is 1. The molecule has 2 N–H and O–H groups in total. The molecular formula is C15H26N2O3. The molecule has 1 unspecified atom stereocenters. The number of ether oxygens (including phenoxy) is 1. The Morgan fingerprint density at radius 2 is 2.25 bits per heavy atom. The number of hydrogen-bond donors (Lipinski definition) is 2. The third-order valence-corrected chi connectivity index (χ3v) is 3.68. The van der Waals surface area contributed by atoms with E-state index in [4.69, 9.17) is 9.15 Å². The van der Waals surface area contributed by atoms with Crippen molar-refractivity contribution in [2.75, 3.05) is 13.2 Å². The van der Waals surface area contributed by atoms with Gasteiger partial charge in [-0.15, -0.1) is 0 Å². The van der Waals surface area contributed by atoms with Crippen LogP contribution in [0.25, 0.3) is 0 Å². The second-order valence-electron chi connectivity index (χ2n) is 5.45. The smallest absolute Gasteiger partial charge is 0.208 e. The van der Waals surface area contributed by atoms with Gasteiger partial charge in [0.05, 0.1) is 31.6 Å². The van der Waals surface area contributed by atoms with Crippen LogP contribution in [0.2, 0.25) is 0 Å². The van der Waals surface area contributed by atoms with E-state index >= 15 is 0 Å². The van der Waals surface area contributed by atoms with Gasteiger partial charge in [-0.1, -0.05) is 26.2 Å². The van der Waals surface area contributed by atoms with E-state index in [1.54, 1.807) is 6.20 Å². The first-order chi connectivity index (χ1) is 9.78. The van der Waals surface area contributed by atoms with E-state index in [1.165, 1.54) is 19.3 Å². The highest BCUT2D eigenvalue weighted by Gasteiger charge is 2.15. The monoisotopic (exact) mass is 282 g/mol. The number of aryl methyl sites for hydroxylation is 1. The highest BCUT2D eigenvalue weighted by atomic mass is 16.5. The summed E-state index contributed by atoms with van der Waals surface area (Å²) in [6.07, 6.45) is 8.57. The lowest BCUT2D eigenvalue weighted by Gasteiger charge is -2.23. The molecule has 0 spiro atoms. The molecule has 0 aromatic carbocycles. The highest BCUT2D eigenvalue weighted by molar-refractivity contribution is 4.93. The third-order valence-electron chi connectivity index (χ3n) is 3.68. The number of aliphatic hydroxyl groups excluding tert-OH is 1. The lowest BCUT2D eigenvalue weighted by molar-refractivity contribution is -0.0231. The zero-order valence-electron chi connectivity index (χ0n) is 12.3. The topological polar surface area (TPSA) is 67.5 Å². The van der Waals surface area contributed by atoms with Crippen LogP contribution in [0.4, 0.5) is 0 Å². The zero-order chi connectivity index (χ0) is 14.2. The van der Waals surface area contributed by atoms with Gasteiger partial charge in [0.2, 0.25) is 5.89 Å². The number of nitrogens with zero attached hydrogens (tertiary/aromatic N) is 1. The van der Waals surface area contributed by atoms with Gasteiger partial charge in [0.15, 0.2) is 0 Å². The van der Waals surface area contributed by atoms with Crippen molar-refractivity contribution in [2.45, 2.75) is 64.2 Å². The molecule has 1 aromatic rings. The fourth-order valence-corrected chi connectivity index (χ4v) is 2.48. The Morgan fingerprint density at radius 1 is 1.45 bits per heavy atom. The molecule has 0 radical (unpaired) electrons. The summed E-state index contributed by atoms with van der Waals surface area (Å²) >= 11 is 0. The first-order valence-corrected chi connectivity index (χ1v) is 7.72. The van der Waals surface area contributed by atoms with E-state index in [1.807, 2.05) is 6.92 Å². The first-order valence-electron chi connectivity index (χ1n) is 7.72. The molecule has 1 aliphatic carbocycles. The molecule has 5 nitrogen and oxygen atoms in total. The quantitative estimate of drug-likeness (QED) is 0.763. The van der Waals surface area contributed by atoms with E-state index in [0.29, 0.717) is 31.7 Å². The Kier molecular flexibility index (Phi) is 6.50. The van der Waals surface area contributed by atoms with Crippen molar-refractivity contribution in [3.05, 3.63) is 17.8 Å². The third kappa shape index (κ3) is 5.23. The molecule has 0 aliphatic heterocycles. The van der Waals surface area contributed by atoms with E-state index in [-0.39, 0.29) is 0 Å². The maximum absolute atomic E-state index is 9.87. The Labute approximate surface area is 120 Å². The molecule has 0 saturated heterocycles. The first kappa shape index (κ1) is 15.5. The minimum Gasteiger partial charge on any atom is -0.444 e. The predicted octanol–water partition coefficient (Wildman–Crippen LogP) is 2.04. The van der Waals surface area contributed by atoms with E-state index in [9.17, 15) is 5.11 Å². The number of aliphatic hydroxyl groups is 1. The number of rotatable bonds is 8. The predicted molar refractivity (Wildman–Crippen MR) is 76.4 cm³/mol. The van der Waals surface area contributed by atoms with Crippen LogP contribution < -0.4 is 5.32 Å². The molecular weight excluding hydrogens is 256 g/mol. The van der Waals surface area contributed by atoms with Gasteiger partial charge in [-0.25, -0.2) is 4.98 Å². The summed E-state index contributed by atoms with van der Waals surface area (Å²) in [4.78, 5) is 4.16. The molecule has 1 atom stereocenters. The number of oxazole rings is 1. The maximum Gasteiger partial charge on any atom is 0.208 e. The summed E-state index contributed by atoms with van der Waals surface area (Å²) in [7, 11) is 0. The van der Waals surface area contributed by atoms with Gasteiger partial charge in [-0.2, -0.15) is 0 Å². The molecule has 114 valence electrons. The molecule has 1 fully saturated rings. The second-order valence-corrected chi connectivity index (χ2v) is 5.45. The molecule has 0 bridgehead atoms. The van der Waals surface area contributed by atoms with Crippen LogP contribution in [-0.4, -0.2) is 35.5 Å². The van der Waals surface area contributed by atoms with Gasteiger partial charge in [0.25, 0.3) is 0 Å². The van der Waals surface area contributed by atoms with Crippen LogP contribution in [-0.2, 0) is 17.7 Å². The van der Waals surface area contributed by atoms with Gasteiger partial charge in [-0.05, 0) is 12.8 Å². The van der Waals surface area contributed by atoms with Gasteiger partial charge in [0, 0.05) is 13.0 Å². The van der Waals surface area contributed by atoms with Crippen molar-refractivity contribution in [3.8, 4) is 0 Å². The molecule has 1 saturated carbocycles. The summed E-state index contributed by atoms with van der Waals surface area (Å²) < 4.78 is 11.2.